The lowest BCUT2D eigenvalue weighted by atomic mass is 9.91. The highest BCUT2D eigenvalue weighted by Gasteiger charge is 2.26. The first-order valence-corrected chi connectivity index (χ1v) is 8.91. The zero-order chi connectivity index (χ0) is 18.9. The fourth-order valence-corrected chi connectivity index (χ4v) is 3.01. The van der Waals surface area contributed by atoms with E-state index in [1.807, 2.05) is 18.2 Å². The largest absolute Gasteiger partial charge is 0.497 e. The molecule has 0 aromatic heterocycles. The Bertz CT molecular complexity index is 906. The highest BCUT2D eigenvalue weighted by molar-refractivity contribution is 6.36. The molecule has 0 aliphatic carbocycles. The molecular weight excluding hydrogens is 320 g/mol. The van der Waals surface area contributed by atoms with E-state index in [4.69, 9.17) is 14.7 Å². The minimum absolute atomic E-state index is 0.151. The second-order valence-corrected chi connectivity index (χ2v) is 7.77. The van der Waals surface area contributed by atoms with Gasteiger partial charge in [-0.15, -0.1) is 0 Å². The van der Waals surface area contributed by atoms with Gasteiger partial charge in [0.1, 0.15) is 11.6 Å². The van der Waals surface area contributed by atoms with Gasteiger partial charge in [0, 0.05) is 22.1 Å². The molecule has 2 aromatic rings. The van der Waals surface area contributed by atoms with Crippen molar-refractivity contribution in [1.82, 2.24) is 0 Å². The van der Waals surface area contributed by atoms with Gasteiger partial charge >= 0.3 is 0 Å². The first kappa shape index (κ1) is 18.1. The molecule has 3 nitrogen and oxygen atoms in total. The molecule has 1 heterocycles. The summed E-state index contributed by atoms with van der Waals surface area (Å²) in [5.41, 5.74) is 6.34. The summed E-state index contributed by atoms with van der Waals surface area (Å²) in [6, 6.07) is 16.4. The van der Waals surface area contributed by atoms with Crippen molar-refractivity contribution in [3.63, 3.8) is 0 Å². The summed E-state index contributed by atoms with van der Waals surface area (Å²) < 4.78 is 5.31. The van der Waals surface area contributed by atoms with Crippen molar-refractivity contribution in [2.24, 2.45) is 15.4 Å². The number of hydrogen-bond acceptors (Lipinski definition) is 3. The average Bonchev–Trinajstić information content (AvgIpc) is 2.78. The van der Waals surface area contributed by atoms with E-state index in [0.29, 0.717) is 0 Å². The Balaban J connectivity index is 2.30. The Morgan fingerprint density at radius 1 is 0.885 bits per heavy atom. The van der Waals surface area contributed by atoms with E-state index in [2.05, 4.69) is 65.0 Å². The van der Waals surface area contributed by atoms with Gasteiger partial charge in [0.15, 0.2) is 0 Å². The summed E-state index contributed by atoms with van der Waals surface area (Å²) in [5.74, 6) is 1.68. The summed E-state index contributed by atoms with van der Waals surface area (Å²) >= 11 is 0. The number of nitrogens with zero attached hydrogens (tertiary/aromatic N) is 2. The monoisotopic (exact) mass is 346 g/mol. The van der Waals surface area contributed by atoms with Crippen LogP contribution in [0.4, 0.5) is 5.69 Å². The lowest BCUT2D eigenvalue weighted by Gasteiger charge is -2.18. The normalized spacial score (nSPS) is 14.2. The molecule has 0 bridgehead atoms. The van der Waals surface area contributed by atoms with E-state index in [1.165, 1.54) is 5.57 Å². The third-order valence-corrected chi connectivity index (χ3v) is 4.39. The summed E-state index contributed by atoms with van der Waals surface area (Å²) in [7, 11) is 1.68. The Hall–Kier alpha value is -2.68. The van der Waals surface area contributed by atoms with Crippen molar-refractivity contribution in [1.29, 1.82) is 0 Å². The van der Waals surface area contributed by atoms with Crippen LogP contribution in [-0.4, -0.2) is 18.7 Å². The van der Waals surface area contributed by atoms with Gasteiger partial charge in [0.2, 0.25) is 0 Å². The van der Waals surface area contributed by atoms with Crippen LogP contribution in [-0.2, 0) is 0 Å². The zero-order valence-electron chi connectivity index (χ0n) is 16.4. The van der Waals surface area contributed by atoms with E-state index >= 15 is 0 Å². The minimum Gasteiger partial charge on any atom is -0.497 e. The first-order valence-electron chi connectivity index (χ1n) is 8.91. The van der Waals surface area contributed by atoms with Gasteiger partial charge in [0.25, 0.3) is 0 Å². The number of allylic oxidation sites excluding steroid dienone is 2. The third kappa shape index (κ3) is 3.48. The topological polar surface area (TPSA) is 34.0 Å². The number of benzene rings is 2. The Labute approximate surface area is 156 Å². The molecule has 0 fully saturated rings. The molecule has 0 amide bonds. The summed E-state index contributed by atoms with van der Waals surface area (Å²) in [5, 5.41) is 0. The first-order chi connectivity index (χ1) is 12.3. The third-order valence-electron chi connectivity index (χ3n) is 4.39. The Morgan fingerprint density at radius 3 is 2.12 bits per heavy atom. The zero-order valence-corrected chi connectivity index (χ0v) is 16.4. The van der Waals surface area contributed by atoms with Crippen molar-refractivity contribution >= 4 is 22.8 Å². The van der Waals surface area contributed by atoms with E-state index in [1.54, 1.807) is 7.11 Å². The molecule has 0 saturated heterocycles. The van der Waals surface area contributed by atoms with Gasteiger partial charge in [-0.1, -0.05) is 44.5 Å². The standard InChI is InChI=1S/C23H26N2O/c1-15(2)20-18-9-7-8-10-19(18)24-22(23(3,4)5)25-21(20)16-11-13-17(26-6)14-12-16/h7-14H,1-6H3. The molecule has 0 N–H and O–H groups in total. The molecule has 0 radical (unpaired) electrons. The molecule has 134 valence electrons. The van der Waals surface area contributed by atoms with E-state index in [-0.39, 0.29) is 5.41 Å². The van der Waals surface area contributed by atoms with Crippen LogP contribution in [0.1, 0.15) is 45.7 Å². The highest BCUT2D eigenvalue weighted by atomic mass is 16.5. The molecule has 3 rings (SSSR count). The summed E-state index contributed by atoms with van der Waals surface area (Å²) in [6.45, 7) is 10.7. The maximum Gasteiger partial charge on any atom is 0.135 e. The molecule has 1 aliphatic heterocycles. The summed E-state index contributed by atoms with van der Waals surface area (Å²) in [4.78, 5) is 9.98. The quantitative estimate of drug-likeness (QED) is 0.650. The average molecular weight is 346 g/mol. The van der Waals surface area contributed by atoms with Crippen molar-refractivity contribution in [3.8, 4) is 5.75 Å². The maximum absolute atomic E-state index is 5.31. The molecule has 0 saturated carbocycles. The fraction of sp³-hybridized carbons (Fsp3) is 0.304. The second-order valence-electron chi connectivity index (χ2n) is 7.77. The van der Waals surface area contributed by atoms with Crippen LogP contribution in [0.3, 0.4) is 0 Å². The second kappa shape index (κ2) is 6.91. The summed E-state index contributed by atoms with van der Waals surface area (Å²) in [6.07, 6.45) is 0. The van der Waals surface area contributed by atoms with Crippen LogP contribution in [0, 0.1) is 5.41 Å². The van der Waals surface area contributed by atoms with Gasteiger partial charge < -0.3 is 4.74 Å². The van der Waals surface area contributed by atoms with Gasteiger partial charge in [-0.3, -0.25) is 0 Å². The van der Waals surface area contributed by atoms with Gasteiger partial charge in [-0.05, 0) is 44.2 Å². The Morgan fingerprint density at radius 2 is 1.54 bits per heavy atom. The lowest BCUT2D eigenvalue weighted by molar-refractivity contribution is 0.415. The molecule has 0 atom stereocenters. The number of rotatable bonds is 2. The molecule has 1 aliphatic rings. The number of fused-ring (bicyclic) bond motifs is 1. The van der Waals surface area contributed by atoms with Crippen molar-refractivity contribution in [3.05, 3.63) is 65.2 Å². The molecular formula is C23H26N2O. The van der Waals surface area contributed by atoms with Crippen LogP contribution in [0.5, 0.6) is 5.75 Å². The van der Waals surface area contributed by atoms with Crippen LogP contribution >= 0.6 is 0 Å². The maximum atomic E-state index is 5.31. The van der Waals surface area contributed by atoms with Gasteiger partial charge in [0.05, 0.1) is 18.5 Å². The molecule has 0 unspecified atom stereocenters. The van der Waals surface area contributed by atoms with Crippen molar-refractivity contribution in [2.45, 2.75) is 34.6 Å². The number of aliphatic imine (C=N–C) groups is 2. The number of ether oxygens (including phenoxy) is 1. The van der Waals surface area contributed by atoms with E-state index < -0.39 is 0 Å². The van der Waals surface area contributed by atoms with Crippen LogP contribution in [0.15, 0.2) is 64.1 Å². The predicted octanol–water partition coefficient (Wildman–Crippen LogP) is 6.07. The smallest absolute Gasteiger partial charge is 0.135 e. The van der Waals surface area contributed by atoms with E-state index in [9.17, 15) is 0 Å². The SMILES string of the molecule is COc1ccc(C2=NC(C(C)(C)C)=Nc3ccccc3C2=C(C)C)cc1. The molecule has 3 heteroatoms. The van der Waals surface area contributed by atoms with Crippen molar-refractivity contribution < 1.29 is 4.74 Å². The molecule has 26 heavy (non-hydrogen) atoms. The van der Waals surface area contributed by atoms with Crippen LogP contribution < -0.4 is 4.74 Å². The van der Waals surface area contributed by atoms with Gasteiger partial charge in [-0.2, -0.15) is 0 Å². The van der Waals surface area contributed by atoms with Crippen LogP contribution in [0.2, 0.25) is 0 Å². The highest BCUT2D eigenvalue weighted by Crippen LogP contribution is 2.36. The number of para-hydroxylation sites is 1. The van der Waals surface area contributed by atoms with Gasteiger partial charge in [-0.25, -0.2) is 9.98 Å². The number of methoxy groups -OCH3 is 1. The number of hydrogen-bond donors (Lipinski definition) is 0. The van der Waals surface area contributed by atoms with Crippen LogP contribution in [0.25, 0.3) is 5.57 Å². The molecule has 0 spiro atoms. The lowest BCUT2D eigenvalue weighted by Crippen LogP contribution is -2.20. The fourth-order valence-electron chi connectivity index (χ4n) is 3.01. The minimum atomic E-state index is -0.151. The molecule has 2 aromatic carbocycles. The van der Waals surface area contributed by atoms with E-state index in [0.717, 1.165) is 39.7 Å². The van der Waals surface area contributed by atoms with Crippen molar-refractivity contribution in [2.75, 3.05) is 7.11 Å². The number of amidine groups is 1. The Kier molecular flexibility index (Phi) is 4.82. The predicted molar refractivity (Wildman–Crippen MR) is 111 cm³/mol.